The fourth-order valence-electron chi connectivity index (χ4n) is 3.93. The van der Waals surface area contributed by atoms with E-state index in [-0.39, 0.29) is 16.5 Å². The van der Waals surface area contributed by atoms with E-state index in [1.54, 1.807) is 24.3 Å². The Balaban J connectivity index is 0.000000409. The number of hydrogen-bond donors (Lipinski definition) is 0. The minimum Gasteiger partial charge on any atom is -0.780 e. The molecule has 0 N–H and O–H groups in total. The molecular formula is C36H27ClNiO2P2S. The number of halogens is 1. The molecule has 6 aromatic carbocycles. The van der Waals surface area contributed by atoms with E-state index in [2.05, 4.69) is 54.6 Å². The van der Waals surface area contributed by atoms with Gasteiger partial charge in [0.1, 0.15) is 16.3 Å². The molecular weight excluding hydrogens is 653 g/mol. The molecule has 0 unspecified atom stereocenters. The van der Waals surface area contributed by atoms with Crippen LogP contribution in [-0.4, -0.2) is 0 Å². The van der Waals surface area contributed by atoms with Gasteiger partial charge in [0.2, 0.25) is 0 Å². The molecule has 0 saturated carbocycles. The molecule has 0 bridgehead atoms. The van der Waals surface area contributed by atoms with E-state index in [0.717, 1.165) is 31.1 Å². The topological polar surface area (TPSA) is 18.5 Å². The van der Waals surface area contributed by atoms with Gasteiger partial charge in [0, 0.05) is 37.7 Å². The van der Waals surface area contributed by atoms with Gasteiger partial charge in [-0.05, 0) is 12.1 Å². The maximum atomic E-state index is 6.56. The minimum absolute atomic E-state index is 0. The summed E-state index contributed by atoms with van der Waals surface area (Å²) in [5.74, 6) is 1.35. The molecule has 0 amide bonds. The first kappa shape index (κ1) is 32.7. The van der Waals surface area contributed by atoms with E-state index in [0.29, 0.717) is 11.5 Å². The van der Waals surface area contributed by atoms with Crippen molar-refractivity contribution >= 4 is 61.7 Å². The Morgan fingerprint density at radius 2 is 0.767 bits per heavy atom. The molecule has 0 aromatic heterocycles. The Bertz CT molecular complexity index is 1450. The van der Waals surface area contributed by atoms with Crippen LogP contribution in [0.15, 0.2) is 169 Å². The summed E-state index contributed by atoms with van der Waals surface area (Å²) < 4.78 is 13.1. The first-order chi connectivity index (χ1) is 20.7. The van der Waals surface area contributed by atoms with Crippen molar-refractivity contribution in [3.63, 3.8) is 0 Å². The number of hydrogen-bond acceptors (Lipinski definition) is 3. The number of rotatable bonds is 8. The van der Waals surface area contributed by atoms with Crippen molar-refractivity contribution < 1.29 is 25.5 Å². The van der Waals surface area contributed by atoms with Crippen molar-refractivity contribution in [2.24, 2.45) is 0 Å². The second kappa shape index (κ2) is 17.2. The van der Waals surface area contributed by atoms with Gasteiger partial charge in [-0.25, -0.2) is 0 Å². The zero-order valence-electron chi connectivity index (χ0n) is 22.9. The molecule has 0 atom stereocenters. The van der Waals surface area contributed by atoms with E-state index in [1.165, 1.54) is 0 Å². The SMILES string of the molecule is [Ni+2].[S-]c1ccc(Cl)cc1.[c-]1c(OP(c2ccccc2)c2ccccc2)cccc1OP(c1ccccc1)c1ccccc1. The van der Waals surface area contributed by atoms with Gasteiger partial charge in [-0.3, -0.25) is 0 Å². The van der Waals surface area contributed by atoms with Crippen LogP contribution in [0.5, 0.6) is 11.5 Å². The van der Waals surface area contributed by atoms with Crippen LogP contribution in [0.25, 0.3) is 0 Å². The summed E-state index contributed by atoms with van der Waals surface area (Å²) in [6.45, 7) is 0. The van der Waals surface area contributed by atoms with Crippen molar-refractivity contribution in [3.8, 4) is 11.5 Å². The van der Waals surface area contributed by atoms with Crippen molar-refractivity contribution in [1.82, 2.24) is 0 Å². The molecule has 0 aliphatic carbocycles. The van der Waals surface area contributed by atoms with Crippen LogP contribution in [0.2, 0.25) is 5.02 Å². The summed E-state index contributed by atoms with van der Waals surface area (Å²) in [7, 11) is -2.06. The minimum atomic E-state index is -1.03. The third-order valence-electron chi connectivity index (χ3n) is 5.90. The van der Waals surface area contributed by atoms with Gasteiger partial charge in [-0.15, -0.1) is 12.1 Å². The Kier molecular flexibility index (Phi) is 13.1. The molecule has 43 heavy (non-hydrogen) atoms. The predicted molar refractivity (Wildman–Crippen MR) is 182 cm³/mol. The van der Waals surface area contributed by atoms with Crippen molar-refractivity contribution in [3.05, 3.63) is 175 Å². The Morgan fingerprint density at radius 1 is 0.442 bits per heavy atom. The van der Waals surface area contributed by atoms with Gasteiger partial charge < -0.3 is 21.7 Å². The zero-order valence-corrected chi connectivity index (χ0v) is 27.3. The maximum Gasteiger partial charge on any atom is 2.00 e. The van der Waals surface area contributed by atoms with E-state index in [1.807, 2.05) is 91.0 Å². The van der Waals surface area contributed by atoms with Crippen LogP contribution >= 0.6 is 27.9 Å². The van der Waals surface area contributed by atoms with Crippen LogP contribution in [0, 0.1) is 6.07 Å². The number of benzene rings is 6. The second-order valence-corrected chi connectivity index (χ2v) is 13.5. The van der Waals surface area contributed by atoms with Crippen molar-refractivity contribution in [1.29, 1.82) is 0 Å². The Hall–Kier alpha value is -3.22. The summed E-state index contributed by atoms with van der Waals surface area (Å²) in [6, 6.07) is 57.8. The standard InChI is InChI=1S/C30H23O2P2.C6H5ClS.Ni/c1-5-16-27(17-6-1)33(28-18-7-2-8-19-28)31-25-14-13-15-26(24-25)32-34(29-20-9-3-10-21-29)30-22-11-4-12-23-30;7-5-1-3-6(8)4-2-5;/h1-23H;1-4,8H;/q-1;;+2/p-1. The van der Waals surface area contributed by atoms with Crippen LogP contribution < -0.4 is 30.3 Å². The largest absolute Gasteiger partial charge is 2.00 e. The van der Waals surface area contributed by atoms with Crippen LogP contribution in [0.3, 0.4) is 0 Å². The van der Waals surface area contributed by atoms with Gasteiger partial charge >= 0.3 is 16.5 Å². The fraction of sp³-hybridized carbons (Fsp3) is 0. The summed E-state index contributed by atoms with van der Waals surface area (Å²) in [5, 5.41) is 5.34. The normalized spacial score (nSPS) is 10.3. The van der Waals surface area contributed by atoms with Crippen molar-refractivity contribution in [2.75, 3.05) is 0 Å². The summed E-state index contributed by atoms with van der Waals surface area (Å²) >= 11 is 10.4. The fourth-order valence-corrected chi connectivity index (χ4v) is 7.59. The summed E-state index contributed by atoms with van der Waals surface area (Å²) in [6.07, 6.45) is 0. The van der Waals surface area contributed by atoms with E-state index >= 15 is 0 Å². The molecule has 0 fully saturated rings. The quantitative estimate of drug-likeness (QED) is 0.0695. The molecule has 7 heteroatoms. The molecule has 0 radical (unpaired) electrons. The van der Waals surface area contributed by atoms with Crippen molar-refractivity contribution in [2.45, 2.75) is 4.90 Å². The predicted octanol–water partition coefficient (Wildman–Crippen LogP) is 8.58. The van der Waals surface area contributed by atoms with E-state index in [4.69, 9.17) is 33.3 Å². The second-order valence-electron chi connectivity index (χ2n) is 8.95. The summed E-state index contributed by atoms with van der Waals surface area (Å²) in [5.41, 5.74) is 0. The van der Waals surface area contributed by atoms with Gasteiger partial charge in [0.25, 0.3) is 0 Å². The maximum absolute atomic E-state index is 6.56. The molecule has 0 aliphatic heterocycles. The Morgan fingerprint density at radius 3 is 1.07 bits per heavy atom. The molecule has 0 saturated heterocycles. The van der Waals surface area contributed by atoms with Gasteiger partial charge in [0.15, 0.2) is 0 Å². The smallest absolute Gasteiger partial charge is 0.780 e. The van der Waals surface area contributed by atoms with Gasteiger partial charge in [-0.2, -0.15) is 11.0 Å². The Labute approximate surface area is 277 Å². The van der Waals surface area contributed by atoms with Gasteiger partial charge in [-0.1, -0.05) is 151 Å². The zero-order chi connectivity index (χ0) is 29.0. The van der Waals surface area contributed by atoms with Gasteiger partial charge in [0.05, 0.1) is 0 Å². The first-order valence-corrected chi connectivity index (χ1v) is 16.6. The van der Waals surface area contributed by atoms with Crippen LogP contribution in [0.4, 0.5) is 0 Å². The molecule has 216 valence electrons. The van der Waals surface area contributed by atoms with Crippen LogP contribution in [0.1, 0.15) is 0 Å². The molecule has 0 spiro atoms. The molecule has 0 heterocycles. The third-order valence-corrected chi connectivity index (χ3v) is 10.2. The van der Waals surface area contributed by atoms with Crippen LogP contribution in [-0.2, 0) is 29.1 Å². The molecule has 0 aliphatic rings. The van der Waals surface area contributed by atoms with E-state index < -0.39 is 16.3 Å². The third kappa shape index (κ3) is 9.91. The average Bonchev–Trinajstić information content (AvgIpc) is 3.06. The summed E-state index contributed by atoms with van der Waals surface area (Å²) in [4.78, 5) is 0.828. The molecule has 6 rings (SSSR count). The molecule has 6 aromatic rings. The molecule has 2 nitrogen and oxygen atoms in total. The van der Waals surface area contributed by atoms with E-state index in [9.17, 15) is 0 Å². The monoisotopic (exact) mass is 678 g/mol. The average molecular weight is 680 g/mol. The first-order valence-electron chi connectivity index (χ1n) is 13.3.